The highest BCUT2D eigenvalue weighted by Gasteiger charge is 2.51. The number of nitrogens with zero attached hydrogens (tertiary/aromatic N) is 1. The van der Waals surface area contributed by atoms with Gasteiger partial charge in [0.15, 0.2) is 0 Å². The van der Waals surface area contributed by atoms with Gasteiger partial charge in [-0.2, -0.15) is 0 Å². The quantitative estimate of drug-likeness (QED) is 0.344. The molecule has 0 saturated carbocycles. The van der Waals surface area contributed by atoms with Gasteiger partial charge in [0.05, 0.1) is 13.0 Å². The summed E-state index contributed by atoms with van der Waals surface area (Å²) in [6.07, 6.45) is 0.973. The van der Waals surface area contributed by atoms with Gasteiger partial charge >= 0.3 is 0 Å². The fourth-order valence-electron chi connectivity index (χ4n) is 6.60. The third kappa shape index (κ3) is 6.44. The highest BCUT2D eigenvalue weighted by molar-refractivity contribution is 5.85. The van der Waals surface area contributed by atoms with Crippen LogP contribution in [0.15, 0.2) is 78.9 Å². The third-order valence-electron chi connectivity index (χ3n) is 8.47. The highest BCUT2D eigenvalue weighted by Crippen LogP contribution is 2.44. The molecule has 5 atom stereocenters. The molecule has 0 spiro atoms. The Kier molecular flexibility index (Phi) is 10.9. The van der Waals surface area contributed by atoms with Crippen molar-refractivity contribution in [2.45, 2.75) is 50.7 Å². The van der Waals surface area contributed by atoms with Gasteiger partial charge in [-0.05, 0) is 47.6 Å². The number of hydrogen-bond acceptors (Lipinski definition) is 4. The zero-order chi connectivity index (χ0) is 25.9. The van der Waals surface area contributed by atoms with E-state index in [9.17, 15) is 4.79 Å². The molecule has 7 heteroatoms. The molecule has 1 unspecified atom stereocenters. The number of primary amides is 1. The standard InChI is InChI=1S/C32H39N3O2.2ClH/c1-21(2)24-14-15-28(37-3)25(18-24)19-34-30-26-16-17-35(20-27(26)32(33)36)31(30)29(22-10-6-4-7-11-22)23-12-8-5-9-13-23;;/h4-15,18,21,26-27,29-31,34H,16-17,19-20H2,1-3H3,(H2,33,36);2*1H/t26-,27-,30-,31-;;/m0../s1. The van der Waals surface area contributed by atoms with Crippen molar-refractivity contribution in [1.82, 2.24) is 10.2 Å². The van der Waals surface area contributed by atoms with Gasteiger partial charge < -0.3 is 15.8 Å². The van der Waals surface area contributed by atoms with E-state index in [1.807, 2.05) is 0 Å². The number of nitrogens with two attached hydrogens (primary N) is 1. The number of carbonyl (C=O) groups excluding carboxylic acids is 1. The van der Waals surface area contributed by atoms with Gasteiger partial charge in [-0.1, -0.05) is 86.6 Å². The summed E-state index contributed by atoms with van der Waals surface area (Å²) in [6.45, 7) is 6.82. The minimum absolute atomic E-state index is 0. The second kappa shape index (κ2) is 13.7. The van der Waals surface area contributed by atoms with Crippen LogP contribution in [0.3, 0.4) is 0 Å². The number of fused-ring (bicyclic) bond motifs is 3. The molecule has 3 aromatic rings. The lowest BCUT2D eigenvalue weighted by atomic mass is 9.66. The molecule has 5 nitrogen and oxygen atoms in total. The van der Waals surface area contributed by atoms with Gasteiger partial charge in [0.2, 0.25) is 5.91 Å². The SMILES string of the molecule is COc1ccc(C(C)C)cc1CN[C@H]1[C@H]2CCN(C[C@@H]2C(N)=O)[C@H]1C(c1ccccc1)c1ccccc1.Cl.Cl. The Bertz CT molecular complexity index is 1170. The van der Waals surface area contributed by atoms with Crippen LogP contribution in [-0.2, 0) is 11.3 Å². The Morgan fingerprint density at radius 3 is 2.13 bits per heavy atom. The molecule has 0 aromatic heterocycles. The highest BCUT2D eigenvalue weighted by atomic mass is 35.5. The van der Waals surface area contributed by atoms with Crippen LogP contribution in [0.2, 0.25) is 0 Å². The van der Waals surface area contributed by atoms with Crippen LogP contribution in [-0.4, -0.2) is 43.1 Å². The first-order chi connectivity index (χ1) is 18.0. The molecule has 2 bridgehead atoms. The number of methoxy groups -OCH3 is 1. The lowest BCUT2D eigenvalue weighted by Gasteiger charge is -2.56. The number of benzene rings is 3. The summed E-state index contributed by atoms with van der Waals surface area (Å²) in [5.41, 5.74) is 11.0. The van der Waals surface area contributed by atoms with Crippen LogP contribution in [0.4, 0.5) is 0 Å². The molecule has 3 N–H and O–H groups in total. The zero-order valence-corrected chi connectivity index (χ0v) is 24.6. The number of nitrogens with one attached hydrogen (secondary N) is 1. The van der Waals surface area contributed by atoms with E-state index >= 15 is 0 Å². The summed E-state index contributed by atoms with van der Waals surface area (Å²) in [6, 6.07) is 28.4. The predicted molar refractivity (Wildman–Crippen MR) is 163 cm³/mol. The maximum atomic E-state index is 12.5. The molecule has 39 heavy (non-hydrogen) atoms. The molecule has 6 rings (SSSR count). The average Bonchev–Trinajstić information content (AvgIpc) is 2.93. The molecule has 0 aliphatic carbocycles. The van der Waals surface area contributed by atoms with Crippen LogP contribution < -0.4 is 15.8 Å². The summed E-state index contributed by atoms with van der Waals surface area (Å²) in [5.74, 6) is 1.38. The number of amides is 1. The van der Waals surface area contributed by atoms with Gasteiger partial charge in [-0.3, -0.25) is 9.69 Å². The van der Waals surface area contributed by atoms with Crippen LogP contribution in [0.1, 0.15) is 54.4 Å². The van der Waals surface area contributed by atoms with E-state index in [4.69, 9.17) is 10.5 Å². The second-order valence-corrected chi connectivity index (χ2v) is 10.9. The fraction of sp³-hybridized carbons (Fsp3) is 0.406. The Balaban J connectivity index is 0.00000210. The number of piperidine rings is 3. The Morgan fingerprint density at radius 1 is 0.974 bits per heavy atom. The zero-order valence-electron chi connectivity index (χ0n) is 23.0. The molecule has 1 amide bonds. The lowest BCUT2D eigenvalue weighted by Crippen LogP contribution is -2.68. The number of halogens is 2. The predicted octanol–water partition coefficient (Wildman–Crippen LogP) is 5.76. The van der Waals surface area contributed by atoms with E-state index in [2.05, 4.69) is 103 Å². The van der Waals surface area contributed by atoms with Crippen LogP contribution in [0, 0.1) is 11.8 Å². The molecule has 3 fully saturated rings. The molecule has 3 heterocycles. The summed E-state index contributed by atoms with van der Waals surface area (Å²) < 4.78 is 5.73. The molecular weight excluding hydrogens is 529 g/mol. The summed E-state index contributed by atoms with van der Waals surface area (Å²) >= 11 is 0. The van der Waals surface area contributed by atoms with Crippen molar-refractivity contribution in [1.29, 1.82) is 0 Å². The Labute approximate surface area is 245 Å². The molecular formula is C32H41Cl2N3O2. The number of ether oxygens (including phenoxy) is 1. The normalized spacial score (nSPS) is 23.7. The van der Waals surface area contributed by atoms with Crippen molar-refractivity contribution in [3.8, 4) is 5.75 Å². The maximum Gasteiger partial charge on any atom is 0.222 e. The van der Waals surface area contributed by atoms with Gasteiger partial charge in [0, 0.05) is 36.7 Å². The van der Waals surface area contributed by atoms with Crippen LogP contribution in [0.5, 0.6) is 5.75 Å². The van der Waals surface area contributed by atoms with Crippen molar-refractivity contribution >= 4 is 30.7 Å². The average molecular weight is 571 g/mol. The number of hydrogen-bond donors (Lipinski definition) is 2. The first-order valence-corrected chi connectivity index (χ1v) is 13.5. The monoisotopic (exact) mass is 569 g/mol. The number of carbonyl (C=O) groups is 1. The molecule has 3 aliphatic rings. The van der Waals surface area contributed by atoms with Crippen molar-refractivity contribution in [2.75, 3.05) is 20.2 Å². The van der Waals surface area contributed by atoms with Crippen LogP contribution in [0.25, 0.3) is 0 Å². The minimum Gasteiger partial charge on any atom is -0.496 e. The van der Waals surface area contributed by atoms with Gasteiger partial charge in [0.1, 0.15) is 5.75 Å². The summed E-state index contributed by atoms with van der Waals surface area (Å²) in [7, 11) is 1.73. The van der Waals surface area contributed by atoms with Crippen molar-refractivity contribution in [2.24, 2.45) is 17.6 Å². The van der Waals surface area contributed by atoms with E-state index in [0.717, 1.165) is 30.8 Å². The van der Waals surface area contributed by atoms with E-state index in [-0.39, 0.29) is 60.6 Å². The second-order valence-electron chi connectivity index (χ2n) is 10.9. The summed E-state index contributed by atoms with van der Waals surface area (Å²) in [5, 5.41) is 3.94. The minimum atomic E-state index is -0.185. The van der Waals surface area contributed by atoms with Crippen molar-refractivity contribution in [3.05, 3.63) is 101 Å². The molecule has 3 aromatic carbocycles. The van der Waals surface area contributed by atoms with Crippen LogP contribution >= 0.6 is 24.8 Å². The first kappa shape index (κ1) is 31.0. The van der Waals surface area contributed by atoms with E-state index < -0.39 is 0 Å². The van der Waals surface area contributed by atoms with Gasteiger partial charge in [-0.15, -0.1) is 24.8 Å². The van der Waals surface area contributed by atoms with Crippen molar-refractivity contribution in [3.63, 3.8) is 0 Å². The van der Waals surface area contributed by atoms with E-state index in [1.165, 1.54) is 16.7 Å². The molecule has 0 radical (unpaired) electrons. The summed E-state index contributed by atoms with van der Waals surface area (Å²) in [4.78, 5) is 15.1. The Hall–Kier alpha value is -2.57. The fourth-order valence-corrected chi connectivity index (χ4v) is 6.60. The topological polar surface area (TPSA) is 67.6 Å². The largest absolute Gasteiger partial charge is 0.496 e. The van der Waals surface area contributed by atoms with Gasteiger partial charge in [-0.25, -0.2) is 0 Å². The molecule has 210 valence electrons. The number of rotatable bonds is 9. The third-order valence-corrected chi connectivity index (χ3v) is 8.47. The van der Waals surface area contributed by atoms with E-state index in [1.54, 1.807) is 7.11 Å². The lowest BCUT2D eigenvalue weighted by molar-refractivity contribution is -0.132. The van der Waals surface area contributed by atoms with Gasteiger partial charge in [0.25, 0.3) is 0 Å². The molecule has 3 saturated heterocycles. The molecule has 3 aliphatic heterocycles. The maximum absolute atomic E-state index is 12.5. The van der Waals surface area contributed by atoms with Crippen molar-refractivity contribution < 1.29 is 9.53 Å². The Morgan fingerprint density at radius 2 is 1.59 bits per heavy atom. The first-order valence-electron chi connectivity index (χ1n) is 13.5. The smallest absolute Gasteiger partial charge is 0.222 e. The van der Waals surface area contributed by atoms with E-state index in [0.29, 0.717) is 12.5 Å².